The van der Waals surface area contributed by atoms with Crippen LogP contribution in [0, 0.1) is 0 Å². The minimum Gasteiger partial charge on any atom is -0.476 e. The summed E-state index contributed by atoms with van der Waals surface area (Å²) in [6.45, 7) is 0. The van der Waals surface area contributed by atoms with Crippen LogP contribution in [-0.2, 0) is 14.1 Å². The van der Waals surface area contributed by atoms with Crippen molar-refractivity contribution in [2.45, 2.75) is 0 Å². The van der Waals surface area contributed by atoms with Gasteiger partial charge in [-0.1, -0.05) is 6.07 Å². The maximum absolute atomic E-state index is 11.1. The summed E-state index contributed by atoms with van der Waals surface area (Å²) < 4.78 is 1.90. The van der Waals surface area contributed by atoms with Gasteiger partial charge in [-0.05, 0) is 12.1 Å². The first-order valence-electron chi connectivity index (χ1n) is 5.62. The first-order chi connectivity index (χ1) is 9.06. The van der Waals surface area contributed by atoms with Gasteiger partial charge in [-0.15, -0.1) is 5.10 Å². The van der Waals surface area contributed by atoms with Gasteiger partial charge in [0.15, 0.2) is 5.69 Å². The van der Waals surface area contributed by atoms with Crippen molar-refractivity contribution in [2.24, 2.45) is 14.1 Å². The number of nitrogens with zero attached hydrogens (tertiary/aromatic N) is 5. The molecule has 0 unspecified atom stereocenters. The summed E-state index contributed by atoms with van der Waals surface area (Å²) in [4.78, 5) is 16.6. The zero-order valence-electron chi connectivity index (χ0n) is 10.4. The number of benzene rings is 1. The van der Waals surface area contributed by atoms with E-state index in [9.17, 15) is 4.79 Å². The van der Waals surface area contributed by atoms with Crippen LogP contribution >= 0.6 is 0 Å². The molecule has 3 rings (SSSR count). The topological polar surface area (TPSA) is 85.8 Å². The maximum atomic E-state index is 11.1. The highest BCUT2D eigenvalue weighted by atomic mass is 16.4. The van der Waals surface area contributed by atoms with Crippen LogP contribution in [-0.4, -0.2) is 35.6 Å². The molecule has 96 valence electrons. The summed E-state index contributed by atoms with van der Waals surface area (Å²) in [7, 11) is 3.50. The Balaban J connectivity index is 2.21. The number of imidazole rings is 1. The lowest BCUT2D eigenvalue weighted by atomic mass is 10.1. The van der Waals surface area contributed by atoms with Gasteiger partial charge in [-0.3, -0.25) is 0 Å². The van der Waals surface area contributed by atoms with Crippen molar-refractivity contribution in [3.63, 3.8) is 0 Å². The number of carboxylic acids is 1. The molecular formula is C12H11N5O2. The molecule has 0 aliphatic heterocycles. The van der Waals surface area contributed by atoms with Crippen LogP contribution in [0.4, 0.5) is 0 Å². The molecule has 2 heterocycles. The summed E-state index contributed by atoms with van der Waals surface area (Å²) >= 11 is 0. The fraction of sp³-hybridized carbons (Fsp3) is 0.167. The van der Waals surface area contributed by atoms with Crippen LogP contribution in [0.5, 0.6) is 0 Å². The second-order valence-electron chi connectivity index (χ2n) is 4.25. The monoisotopic (exact) mass is 257 g/mol. The number of hydrogen-bond acceptors (Lipinski definition) is 4. The molecule has 0 spiro atoms. The number of aromatic carboxylic acids is 1. The Morgan fingerprint density at radius 1 is 1.26 bits per heavy atom. The third-order valence-electron chi connectivity index (χ3n) is 2.92. The average molecular weight is 257 g/mol. The lowest BCUT2D eigenvalue weighted by Crippen LogP contribution is -2.00. The summed E-state index contributed by atoms with van der Waals surface area (Å²) in [6, 6.07) is 5.52. The van der Waals surface area contributed by atoms with Gasteiger partial charge < -0.3 is 9.67 Å². The quantitative estimate of drug-likeness (QED) is 0.742. The number of carboxylic acid groups (broad SMARTS) is 1. The lowest BCUT2D eigenvalue weighted by Gasteiger charge is -1.99. The van der Waals surface area contributed by atoms with E-state index in [2.05, 4.69) is 15.2 Å². The van der Waals surface area contributed by atoms with E-state index in [1.54, 1.807) is 13.4 Å². The van der Waals surface area contributed by atoms with Crippen molar-refractivity contribution in [1.82, 2.24) is 24.5 Å². The van der Waals surface area contributed by atoms with E-state index >= 15 is 0 Å². The van der Waals surface area contributed by atoms with E-state index in [-0.39, 0.29) is 5.69 Å². The highest BCUT2D eigenvalue weighted by molar-refractivity contribution is 5.93. The predicted octanol–water partition coefficient (Wildman–Crippen LogP) is 1.07. The molecule has 0 amide bonds. The van der Waals surface area contributed by atoms with E-state index in [4.69, 9.17) is 5.11 Å². The summed E-state index contributed by atoms with van der Waals surface area (Å²) in [5, 5.41) is 17.1. The van der Waals surface area contributed by atoms with Crippen LogP contribution in [0.25, 0.3) is 22.3 Å². The molecule has 7 nitrogen and oxygen atoms in total. The van der Waals surface area contributed by atoms with E-state index in [1.165, 1.54) is 4.80 Å². The lowest BCUT2D eigenvalue weighted by molar-refractivity contribution is 0.0690. The van der Waals surface area contributed by atoms with Gasteiger partial charge in [-0.25, -0.2) is 9.78 Å². The number of aryl methyl sites for hydroxylation is 2. The fourth-order valence-corrected chi connectivity index (χ4v) is 2.03. The molecule has 0 atom stereocenters. The minimum atomic E-state index is -1.09. The molecule has 7 heteroatoms. The standard InChI is InChI=1S/C12H11N5O2/c1-16-6-13-8-5-7(3-4-9(8)16)10-11(12(18)19)15-17(2)14-10/h3-6H,1-2H3,(H,18,19). The molecular weight excluding hydrogens is 246 g/mol. The first-order valence-corrected chi connectivity index (χ1v) is 5.62. The van der Waals surface area contributed by atoms with E-state index in [0.29, 0.717) is 11.3 Å². The van der Waals surface area contributed by atoms with Crippen molar-refractivity contribution in [3.05, 3.63) is 30.2 Å². The first kappa shape index (κ1) is 11.4. The minimum absolute atomic E-state index is 0.0576. The van der Waals surface area contributed by atoms with Gasteiger partial charge in [0.1, 0.15) is 5.69 Å². The molecule has 0 saturated carbocycles. The second kappa shape index (κ2) is 3.91. The molecule has 19 heavy (non-hydrogen) atoms. The molecule has 1 aromatic carbocycles. The largest absolute Gasteiger partial charge is 0.476 e. The number of rotatable bonds is 2. The third kappa shape index (κ3) is 1.75. The molecule has 0 fully saturated rings. The second-order valence-corrected chi connectivity index (χ2v) is 4.25. The molecule has 0 bridgehead atoms. The molecule has 1 N–H and O–H groups in total. The smallest absolute Gasteiger partial charge is 0.358 e. The van der Waals surface area contributed by atoms with E-state index < -0.39 is 5.97 Å². The number of hydrogen-bond donors (Lipinski definition) is 1. The number of carbonyl (C=O) groups is 1. The third-order valence-corrected chi connectivity index (χ3v) is 2.92. The van der Waals surface area contributed by atoms with Crippen LogP contribution in [0.1, 0.15) is 10.5 Å². The highest BCUT2D eigenvalue weighted by Gasteiger charge is 2.18. The molecule has 0 radical (unpaired) electrons. The van der Waals surface area contributed by atoms with Gasteiger partial charge in [0.05, 0.1) is 17.4 Å². The maximum Gasteiger partial charge on any atom is 0.358 e. The molecule has 0 saturated heterocycles. The number of aromatic nitrogens is 5. The molecule has 2 aromatic heterocycles. The molecule has 0 aliphatic carbocycles. The van der Waals surface area contributed by atoms with Gasteiger partial charge in [0.2, 0.25) is 0 Å². The number of fused-ring (bicyclic) bond motifs is 1. The summed E-state index contributed by atoms with van der Waals surface area (Å²) in [6.07, 6.45) is 1.71. The van der Waals surface area contributed by atoms with Gasteiger partial charge in [-0.2, -0.15) is 9.90 Å². The van der Waals surface area contributed by atoms with Crippen molar-refractivity contribution in [3.8, 4) is 11.3 Å². The molecule has 3 aromatic rings. The normalized spacial score (nSPS) is 11.1. The fourth-order valence-electron chi connectivity index (χ4n) is 2.03. The Hall–Kier alpha value is -2.70. The van der Waals surface area contributed by atoms with Crippen molar-refractivity contribution < 1.29 is 9.90 Å². The summed E-state index contributed by atoms with van der Waals surface area (Å²) in [5.74, 6) is -1.09. The van der Waals surface area contributed by atoms with Crippen LogP contribution in [0.15, 0.2) is 24.5 Å². The Labute approximate surface area is 108 Å². The van der Waals surface area contributed by atoms with Crippen molar-refractivity contribution in [1.29, 1.82) is 0 Å². The predicted molar refractivity (Wildman–Crippen MR) is 67.7 cm³/mol. The Bertz CT molecular complexity index is 787. The Kier molecular flexibility index (Phi) is 2.34. The molecule has 0 aliphatic rings. The van der Waals surface area contributed by atoms with E-state index in [0.717, 1.165) is 11.0 Å². The summed E-state index contributed by atoms with van der Waals surface area (Å²) in [5.41, 5.74) is 2.75. The van der Waals surface area contributed by atoms with Crippen LogP contribution in [0.3, 0.4) is 0 Å². The van der Waals surface area contributed by atoms with Crippen molar-refractivity contribution in [2.75, 3.05) is 0 Å². The zero-order valence-corrected chi connectivity index (χ0v) is 10.4. The van der Waals surface area contributed by atoms with Crippen LogP contribution < -0.4 is 0 Å². The Morgan fingerprint density at radius 3 is 2.79 bits per heavy atom. The van der Waals surface area contributed by atoms with Gasteiger partial charge >= 0.3 is 5.97 Å². The SMILES string of the molecule is Cn1nc(C(=O)O)c(-c2ccc3c(c2)ncn3C)n1. The van der Waals surface area contributed by atoms with E-state index in [1.807, 2.05) is 29.8 Å². The zero-order chi connectivity index (χ0) is 13.6. The van der Waals surface area contributed by atoms with Crippen molar-refractivity contribution >= 4 is 17.0 Å². The van der Waals surface area contributed by atoms with Gasteiger partial charge in [0.25, 0.3) is 0 Å². The highest BCUT2D eigenvalue weighted by Crippen LogP contribution is 2.24. The Morgan fingerprint density at radius 2 is 2.05 bits per heavy atom. The average Bonchev–Trinajstić information content (AvgIpc) is 2.93. The van der Waals surface area contributed by atoms with Gasteiger partial charge in [0, 0.05) is 19.7 Å². The van der Waals surface area contributed by atoms with Crippen LogP contribution in [0.2, 0.25) is 0 Å².